The van der Waals surface area contributed by atoms with Gasteiger partial charge in [0.2, 0.25) is 0 Å². The molecule has 5 atom stereocenters. The zero-order valence-corrected chi connectivity index (χ0v) is 10.6. The molecule has 3 aliphatic rings. The van der Waals surface area contributed by atoms with Crippen LogP contribution >= 0.6 is 0 Å². The first-order valence-electron chi connectivity index (χ1n) is 7.47. The second-order valence-corrected chi connectivity index (χ2v) is 6.63. The van der Waals surface area contributed by atoms with Gasteiger partial charge in [-0.2, -0.15) is 0 Å². The summed E-state index contributed by atoms with van der Waals surface area (Å²) in [6.45, 7) is 2.25. The summed E-state index contributed by atoms with van der Waals surface area (Å²) in [4.78, 5) is 0. The standard InChI is InChI=1S/C15H26O/c1-2-3-4-8-15(16)10-11-9-14(15)13-7-5-6-12(11)13/h11-14,16H,2-10H2,1H3. The van der Waals surface area contributed by atoms with E-state index < -0.39 is 0 Å². The number of hydrogen-bond acceptors (Lipinski definition) is 1. The number of hydrogen-bond donors (Lipinski definition) is 1. The molecule has 0 heterocycles. The predicted molar refractivity (Wildman–Crippen MR) is 66.1 cm³/mol. The maximum atomic E-state index is 10.9. The molecular weight excluding hydrogens is 196 g/mol. The highest BCUT2D eigenvalue weighted by atomic mass is 16.3. The zero-order valence-electron chi connectivity index (χ0n) is 10.6. The third kappa shape index (κ3) is 1.54. The fourth-order valence-electron chi connectivity index (χ4n) is 5.20. The molecule has 0 spiro atoms. The summed E-state index contributed by atoms with van der Waals surface area (Å²) in [5.74, 6) is 3.49. The van der Waals surface area contributed by atoms with Gasteiger partial charge in [0.25, 0.3) is 0 Å². The van der Waals surface area contributed by atoms with E-state index in [4.69, 9.17) is 0 Å². The molecule has 0 aromatic rings. The first-order valence-corrected chi connectivity index (χ1v) is 7.47. The average Bonchev–Trinajstić information content (AvgIpc) is 2.87. The van der Waals surface area contributed by atoms with Gasteiger partial charge < -0.3 is 5.11 Å². The number of unbranched alkanes of at least 4 members (excludes halogenated alkanes) is 2. The van der Waals surface area contributed by atoms with Crippen molar-refractivity contribution in [1.82, 2.24) is 0 Å². The fraction of sp³-hybridized carbons (Fsp3) is 1.00. The Morgan fingerprint density at radius 2 is 2.00 bits per heavy atom. The highest BCUT2D eigenvalue weighted by molar-refractivity contribution is 5.09. The van der Waals surface area contributed by atoms with E-state index in [2.05, 4.69) is 6.92 Å². The molecule has 3 rings (SSSR count). The first-order chi connectivity index (χ1) is 7.74. The molecule has 2 bridgehead atoms. The number of aliphatic hydroxyl groups is 1. The lowest BCUT2D eigenvalue weighted by Crippen LogP contribution is -2.41. The Bertz CT molecular complexity index is 262. The van der Waals surface area contributed by atoms with Crippen LogP contribution in [0.15, 0.2) is 0 Å². The molecule has 92 valence electrons. The van der Waals surface area contributed by atoms with Gasteiger partial charge in [0.15, 0.2) is 0 Å². The average molecular weight is 222 g/mol. The van der Waals surface area contributed by atoms with Crippen LogP contribution in [0.25, 0.3) is 0 Å². The SMILES string of the molecule is CCCCCC1(O)CC2CC1C1CCCC21. The van der Waals surface area contributed by atoms with Gasteiger partial charge in [-0.3, -0.25) is 0 Å². The lowest BCUT2D eigenvalue weighted by atomic mass is 9.71. The molecule has 1 N–H and O–H groups in total. The molecule has 0 aromatic carbocycles. The van der Waals surface area contributed by atoms with E-state index in [0.29, 0.717) is 5.92 Å². The van der Waals surface area contributed by atoms with Gasteiger partial charge in [0.1, 0.15) is 0 Å². The molecular formula is C15H26O. The maximum Gasteiger partial charge on any atom is 0.0681 e. The van der Waals surface area contributed by atoms with Crippen LogP contribution in [0.3, 0.4) is 0 Å². The predicted octanol–water partition coefficient (Wildman–Crippen LogP) is 3.75. The van der Waals surface area contributed by atoms with Crippen molar-refractivity contribution in [2.24, 2.45) is 23.7 Å². The largest absolute Gasteiger partial charge is 0.390 e. The summed E-state index contributed by atoms with van der Waals surface area (Å²) in [7, 11) is 0. The number of fused-ring (bicyclic) bond motifs is 5. The minimum atomic E-state index is -0.245. The number of rotatable bonds is 4. The van der Waals surface area contributed by atoms with E-state index in [1.165, 1.54) is 44.9 Å². The van der Waals surface area contributed by atoms with Crippen molar-refractivity contribution < 1.29 is 5.11 Å². The van der Waals surface area contributed by atoms with Crippen molar-refractivity contribution >= 4 is 0 Å². The quantitative estimate of drug-likeness (QED) is 0.718. The molecule has 0 aliphatic heterocycles. The lowest BCUT2D eigenvalue weighted by molar-refractivity contribution is -0.0534. The van der Waals surface area contributed by atoms with E-state index in [0.717, 1.165) is 30.6 Å². The third-order valence-electron chi connectivity index (χ3n) is 5.82. The van der Waals surface area contributed by atoms with Gasteiger partial charge in [-0.05, 0) is 55.8 Å². The Hall–Kier alpha value is -0.0400. The molecule has 3 fully saturated rings. The summed E-state index contributed by atoms with van der Waals surface area (Å²) in [5.41, 5.74) is -0.245. The van der Waals surface area contributed by atoms with Crippen LogP contribution in [-0.2, 0) is 0 Å². The molecule has 1 nitrogen and oxygen atoms in total. The molecule has 0 aromatic heterocycles. The van der Waals surface area contributed by atoms with Crippen LogP contribution in [0.2, 0.25) is 0 Å². The Labute approximate surface area is 99.6 Å². The zero-order chi connectivity index (χ0) is 11.2. The molecule has 0 radical (unpaired) electrons. The van der Waals surface area contributed by atoms with Gasteiger partial charge in [0.05, 0.1) is 5.60 Å². The Morgan fingerprint density at radius 1 is 1.19 bits per heavy atom. The van der Waals surface area contributed by atoms with Gasteiger partial charge in [-0.25, -0.2) is 0 Å². The van der Waals surface area contributed by atoms with Crippen molar-refractivity contribution in [3.63, 3.8) is 0 Å². The Balaban J connectivity index is 1.66. The minimum Gasteiger partial charge on any atom is -0.390 e. The summed E-state index contributed by atoms with van der Waals surface area (Å²) in [6, 6.07) is 0. The first kappa shape index (κ1) is 11.1. The van der Waals surface area contributed by atoms with Crippen molar-refractivity contribution in [2.75, 3.05) is 0 Å². The van der Waals surface area contributed by atoms with Crippen LogP contribution in [0.5, 0.6) is 0 Å². The smallest absolute Gasteiger partial charge is 0.0681 e. The summed E-state index contributed by atoms with van der Waals surface area (Å²) in [6.07, 6.45) is 11.7. The topological polar surface area (TPSA) is 20.2 Å². The Morgan fingerprint density at radius 3 is 2.81 bits per heavy atom. The van der Waals surface area contributed by atoms with Gasteiger partial charge in [0, 0.05) is 0 Å². The van der Waals surface area contributed by atoms with Crippen molar-refractivity contribution in [1.29, 1.82) is 0 Å². The van der Waals surface area contributed by atoms with E-state index >= 15 is 0 Å². The monoisotopic (exact) mass is 222 g/mol. The molecule has 1 heteroatoms. The summed E-state index contributed by atoms with van der Waals surface area (Å²) in [5, 5.41) is 10.9. The van der Waals surface area contributed by atoms with Crippen molar-refractivity contribution in [3.8, 4) is 0 Å². The van der Waals surface area contributed by atoms with Gasteiger partial charge in [-0.15, -0.1) is 0 Å². The van der Waals surface area contributed by atoms with E-state index in [9.17, 15) is 5.11 Å². The van der Waals surface area contributed by atoms with Gasteiger partial charge in [-0.1, -0.05) is 32.6 Å². The molecule has 3 aliphatic carbocycles. The minimum absolute atomic E-state index is 0.245. The fourth-order valence-corrected chi connectivity index (χ4v) is 5.20. The summed E-state index contributed by atoms with van der Waals surface area (Å²) >= 11 is 0. The second kappa shape index (κ2) is 4.01. The Kier molecular flexibility index (Phi) is 2.78. The summed E-state index contributed by atoms with van der Waals surface area (Å²) < 4.78 is 0. The second-order valence-electron chi connectivity index (χ2n) is 6.63. The van der Waals surface area contributed by atoms with Crippen LogP contribution in [0, 0.1) is 23.7 Å². The van der Waals surface area contributed by atoms with Crippen molar-refractivity contribution in [2.45, 2.75) is 70.3 Å². The molecule has 5 unspecified atom stereocenters. The van der Waals surface area contributed by atoms with E-state index in [-0.39, 0.29) is 5.60 Å². The normalized spacial score (nSPS) is 49.9. The highest BCUT2D eigenvalue weighted by Crippen LogP contribution is 2.63. The molecule has 0 amide bonds. The molecule has 0 saturated heterocycles. The van der Waals surface area contributed by atoms with Crippen LogP contribution < -0.4 is 0 Å². The maximum absolute atomic E-state index is 10.9. The molecule has 3 saturated carbocycles. The van der Waals surface area contributed by atoms with Crippen LogP contribution in [0.1, 0.15) is 64.7 Å². The highest BCUT2D eigenvalue weighted by Gasteiger charge is 2.59. The van der Waals surface area contributed by atoms with Gasteiger partial charge >= 0.3 is 0 Å². The van der Waals surface area contributed by atoms with Crippen LogP contribution in [-0.4, -0.2) is 10.7 Å². The lowest BCUT2D eigenvalue weighted by Gasteiger charge is -2.39. The van der Waals surface area contributed by atoms with E-state index in [1.807, 2.05) is 0 Å². The van der Waals surface area contributed by atoms with E-state index in [1.54, 1.807) is 0 Å². The van der Waals surface area contributed by atoms with Crippen LogP contribution in [0.4, 0.5) is 0 Å². The third-order valence-corrected chi connectivity index (χ3v) is 5.82. The molecule has 16 heavy (non-hydrogen) atoms. The van der Waals surface area contributed by atoms with Crippen molar-refractivity contribution in [3.05, 3.63) is 0 Å².